The first-order chi connectivity index (χ1) is 10.3. The van der Waals surface area contributed by atoms with Gasteiger partial charge in [0.25, 0.3) is 5.91 Å². The van der Waals surface area contributed by atoms with Crippen molar-refractivity contribution in [2.24, 2.45) is 0 Å². The Kier molecular flexibility index (Phi) is 5.99. The third-order valence-electron chi connectivity index (χ3n) is 3.91. The lowest BCUT2D eigenvalue weighted by molar-refractivity contribution is 0.0594. The van der Waals surface area contributed by atoms with E-state index in [-0.39, 0.29) is 18.6 Å². The van der Waals surface area contributed by atoms with Crippen molar-refractivity contribution in [1.82, 2.24) is 9.88 Å². The van der Waals surface area contributed by atoms with E-state index in [1.807, 2.05) is 6.07 Å². The van der Waals surface area contributed by atoms with Gasteiger partial charge in [0.15, 0.2) is 0 Å². The number of nitrogens with one attached hydrogen (secondary N) is 1. The van der Waals surface area contributed by atoms with E-state index in [1.165, 1.54) is 0 Å². The smallest absolute Gasteiger partial charge is 0.272 e. The van der Waals surface area contributed by atoms with Crippen molar-refractivity contribution >= 4 is 11.6 Å². The number of nitrogens with zero attached hydrogens (tertiary/aromatic N) is 2. The fourth-order valence-corrected chi connectivity index (χ4v) is 2.71. The highest BCUT2D eigenvalue weighted by Crippen LogP contribution is 2.19. The Balaban J connectivity index is 2.13. The number of likely N-dealkylation sites (tertiary alicyclic amines) is 1. The van der Waals surface area contributed by atoms with Crippen molar-refractivity contribution in [2.45, 2.75) is 45.1 Å². The molecular weight excluding hydrogens is 266 g/mol. The minimum absolute atomic E-state index is 0.0273. The standard InChI is InChI=1S/C16H25N3O2/c1-2-8-17-13-7-9-18-15(11-13)16(21)19-10-5-3-4-6-14(19)12-20/h7,9,11,14,20H,2-6,8,10,12H2,1H3,(H,17,18). The Morgan fingerprint density at radius 2 is 2.33 bits per heavy atom. The summed E-state index contributed by atoms with van der Waals surface area (Å²) >= 11 is 0. The van der Waals surface area contributed by atoms with Crippen LogP contribution in [0.3, 0.4) is 0 Å². The quantitative estimate of drug-likeness (QED) is 0.873. The van der Waals surface area contributed by atoms with Gasteiger partial charge in [-0.25, -0.2) is 0 Å². The maximum absolute atomic E-state index is 12.7. The minimum Gasteiger partial charge on any atom is -0.394 e. The number of pyridine rings is 1. The molecule has 1 aromatic rings. The molecule has 5 nitrogen and oxygen atoms in total. The molecule has 1 aliphatic rings. The molecule has 0 bridgehead atoms. The SMILES string of the molecule is CCCNc1ccnc(C(=O)N2CCCCCC2CO)c1. The van der Waals surface area contributed by atoms with Crippen LogP contribution in [-0.2, 0) is 0 Å². The van der Waals surface area contributed by atoms with E-state index < -0.39 is 0 Å². The molecule has 1 fully saturated rings. The number of rotatable bonds is 5. The fourth-order valence-electron chi connectivity index (χ4n) is 2.71. The summed E-state index contributed by atoms with van der Waals surface area (Å²) in [6.45, 7) is 3.71. The van der Waals surface area contributed by atoms with Crippen LogP contribution in [0.5, 0.6) is 0 Å². The average molecular weight is 291 g/mol. The summed E-state index contributed by atoms with van der Waals surface area (Å²) in [6.07, 6.45) is 6.75. The number of aromatic nitrogens is 1. The van der Waals surface area contributed by atoms with Crippen molar-refractivity contribution in [3.63, 3.8) is 0 Å². The molecule has 0 aromatic carbocycles. The van der Waals surface area contributed by atoms with Crippen LogP contribution in [0.25, 0.3) is 0 Å². The van der Waals surface area contributed by atoms with E-state index in [0.717, 1.165) is 44.3 Å². The molecule has 0 aliphatic carbocycles. The van der Waals surface area contributed by atoms with Crippen LogP contribution < -0.4 is 5.32 Å². The van der Waals surface area contributed by atoms with Crippen LogP contribution in [-0.4, -0.2) is 46.6 Å². The number of carbonyl (C=O) groups excluding carboxylic acids is 1. The van der Waals surface area contributed by atoms with Crippen LogP contribution in [0.15, 0.2) is 18.3 Å². The molecule has 0 radical (unpaired) electrons. The molecule has 1 atom stereocenters. The highest BCUT2D eigenvalue weighted by Gasteiger charge is 2.26. The summed E-state index contributed by atoms with van der Waals surface area (Å²) in [7, 11) is 0. The van der Waals surface area contributed by atoms with Crippen LogP contribution >= 0.6 is 0 Å². The van der Waals surface area contributed by atoms with Crippen LogP contribution in [0.4, 0.5) is 5.69 Å². The Labute approximate surface area is 126 Å². The predicted octanol–water partition coefficient (Wildman–Crippen LogP) is 2.28. The van der Waals surface area contributed by atoms with Gasteiger partial charge in [-0.3, -0.25) is 9.78 Å². The van der Waals surface area contributed by atoms with Crippen molar-refractivity contribution in [2.75, 3.05) is 25.0 Å². The van der Waals surface area contributed by atoms with E-state index in [1.54, 1.807) is 17.2 Å². The zero-order chi connectivity index (χ0) is 15.1. The molecule has 21 heavy (non-hydrogen) atoms. The van der Waals surface area contributed by atoms with Gasteiger partial charge in [0.1, 0.15) is 5.69 Å². The van der Waals surface area contributed by atoms with Gasteiger partial charge in [-0.1, -0.05) is 19.8 Å². The number of aliphatic hydroxyl groups excluding tert-OH is 1. The summed E-state index contributed by atoms with van der Waals surface area (Å²) in [6, 6.07) is 3.60. The Morgan fingerprint density at radius 3 is 3.10 bits per heavy atom. The molecule has 2 heterocycles. The normalized spacial score (nSPS) is 19.1. The number of hydrogen-bond donors (Lipinski definition) is 2. The third kappa shape index (κ3) is 4.17. The second-order valence-electron chi connectivity index (χ2n) is 5.54. The van der Waals surface area contributed by atoms with Gasteiger partial charge in [-0.05, 0) is 31.4 Å². The van der Waals surface area contributed by atoms with Crippen molar-refractivity contribution in [1.29, 1.82) is 0 Å². The second-order valence-corrected chi connectivity index (χ2v) is 5.54. The van der Waals surface area contributed by atoms with E-state index in [2.05, 4.69) is 17.2 Å². The Morgan fingerprint density at radius 1 is 1.48 bits per heavy atom. The number of hydrogen-bond acceptors (Lipinski definition) is 4. The van der Waals surface area contributed by atoms with E-state index in [0.29, 0.717) is 12.2 Å². The molecule has 2 N–H and O–H groups in total. The van der Waals surface area contributed by atoms with E-state index >= 15 is 0 Å². The lowest BCUT2D eigenvalue weighted by Crippen LogP contribution is -2.42. The summed E-state index contributed by atoms with van der Waals surface area (Å²) in [5.74, 6) is -0.0731. The first-order valence-corrected chi connectivity index (χ1v) is 7.88. The van der Waals surface area contributed by atoms with E-state index in [9.17, 15) is 9.90 Å². The fraction of sp³-hybridized carbons (Fsp3) is 0.625. The van der Waals surface area contributed by atoms with Gasteiger partial charge >= 0.3 is 0 Å². The molecule has 1 saturated heterocycles. The van der Waals surface area contributed by atoms with Crippen molar-refractivity contribution in [3.05, 3.63) is 24.0 Å². The number of carbonyl (C=O) groups is 1. The van der Waals surface area contributed by atoms with E-state index in [4.69, 9.17) is 0 Å². The van der Waals surface area contributed by atoms with Crippen LogP contribution in [0.1, 0.15) is 49.5 Å². The third-order valence-corrected chi connectivity index (χ3v) is 3.91. The maximum Gasteiger partial charge on any atom is 0.272 e. The molecule has 1 amide bonds. The monoisotopic (exact) mass is 291 g/mol. The first-order valence-electron chi connectivity index (χ1n) is 7.88. The number of anilines is 1. The highest BCUT2D eigenvalue weighted by molar-refractivity contribution is 5.93. The Hall–Kier alpha value is -1.62. The maximum atomic E-state index is 12.7. The topological polar surface area (TPSA) is 65.5 Å². The lowest BCUT2D eigenvalue weighted by Gasteiger charge is -2.28. The molecule has 1 aromatic heterocycles. The molecule has 1 aliphatic heterocycles. The predicted molar refractivity (Wildman–Crippen MR) is 83.4 cm³/mol. The zero-order valence-electron chi connectivity index (χ0n) is 12.7. The summed E-state index contributed by atoms with van der Waals surface area (Å²) in [5.41, 5.74) is 1.38. The van der Waals surface area contributed by atoms with Crippen LogP contribution in [0, 0.1) is 0 Å². The summed E-state index contributed by atoms with van der Waals surface area (Å²) in [4.78, 5) is 18.7. The molecule has 5 heteroatoms. The lowest BCUT2D eigenvalue weighted by atomic mass is 10.1. The molecule has 2 rings (SSSR count). The number of amides is 1. The molecule has 116 valence electrons. The van der Waals surface area contributed by atoms with Gasteiger partial charge < -0.3 is 15.3 Å². The second kappa shape index (κ2) is 7.98. The number of aliphatic hydroxyl groups is 1. The molecule has 0 saturated carbocycles. The van der Waals surface area contributed by atoms with Gasteiger partial charge in [-0.15, -0.1) is 0 Å². The molecule has 0 spiro atoms. The van der Waals surface area contributed by atoms with Crippen molar-refractivity contribution in [3.8, 4) is 0 Å². The molecule has 1 unspecified atom stereocenters. The summed E-state index contributed by atoms with van der Waals surface area (Å²) in [5, 5.41) is 12.8. The highest BCUT2D eigenvalue weighted by atomic mass is 16.3. The van der Waals surface area contributed by atoms with Crippen molar-refractivity contribution < 1.29 is 9.90 Å². The van der Waals surface area contributed by atoms with Gasteiger partial charge in [0.05, 0.1) is 12.6 Å². The average Bonchev–Trinajstić information content (AvgIpc) is 2.77. The van der Waals surface area contributed by atoms with Crippen LogP contribution in [0.2, 0.25) is 0 Å². The minimum atomic E-state index is -0.0749. The van der Waals surface area contributed by atoms with Gasteiger partial charge in [0, 0.05) is 25.0 Å². The summed E-state index contributed by atoms with van der Waals surface area (Å²) < 4.78 is 0. The molecular formula is C16H25N3O2. The van der Waals surface area contributed by atoms with Gasteiger partial charge in [-0.2, -0.15) is 0 Å². The first kappa shape index (κ1) is 15.8. The zero-order valence-corrected chi connectivity index (χ0v) is 12.7. The largest absolute Gasteiger partial charge is 0.394 e. The van der Waals surface area contributed by atoms with Gasteiger partial charge in [0.2, 0.25) is 0 Å². The Bertz CT molecular complexity index is 465.